The Morgan fingerprint density at radius 3 is 2.77 bits per heavy atom. The van der Waals surface area contributed by atoms with Crippen molar-refractivity contribution in [2.75, 3.05) is 26.2 Å². The molecule has 2 aliphatic rings. The van der Waals surface area contributed by atoms with Crippen LogP contribution in [0, 0.1) is 0 Å². The van der Waals surface area contributed by atoms with Gasteiger partial charge in [-0.2, -0.15) is 0 Å². The highest BCUT2D eigenvalue weighted by atomic mass is 16.2. The van der Waals surface area contributed by atoms with Gasteiger partial charge in [0.15, 0.2) is 0 Å². The number of rotatable bonds is 3. The fourth-order valence-electron chi connectivity index (χ4n) is 3.19. The largest absolute Gasteiger partial charge is 0.342 e. The van der Waals surface area contributed by atoms with E-state index in [0.717, 1.165) is 51.1 Å². The fraction of sp³-hybridized carbons (Fsp3) is 0.562. The summed E-state index contributed by atoms with van der Waals surface area (Å²) < 4.78 is 0. The third kappa shape index (κ3) is 3.37. The maximum absolute atomic E-state index is 12.3. The predicted molar refractivity (Wildman–Crippen MR) is 82.3 cm³/mol. The van der Waals surface area contributed by atoms with E-state index >= 15 is 0 Å². The molecular formula is C16H22N4O2. The number of likely N-dealkylation sites (tertiary alicyclic amines) is 1. The second-order valence-electron chi connectivity index (χ2n) is 5.89. The van der Waals surface area contributed by atoms with E-state index in [4.69, 9.17) is 0 Å². The van der Waals surface area contributed by atoms with Crippen LogP contribution in [0.15, 0.2) is 24.4 Å². The second kappa shape index (κ2) is 6.77. The van der Waals surface area contributed by atoms with Gasteiger partial charge in [-0.05, 0) is 31.4 Å². The molecule has 0 spiro atoms. The summed E-state index contributed by atoms with van der Waals surface area (Å²) in [6, 6.07) is 5.94. The zero-order valence-electron chi connectivity index (χ0n) is 12.7. The number of hydrogen-bond donors (Lipinski definition) is 1. The zero-order chi connectivity index (χ0) is 15.4. The average molecular weight is 302 g/mol. The molecule has 3 heterocycles. The van der Waals surface area contributed by atoms with Crippen molar-refractivity contribution in [2.45, 2.75) is 31.7 Å². The summed E-state index contributed by atoms with van der Waals surface area (Å²) in [6.45, 7) is 3.05. The standard InChI is InChI=1S/C16H22N4O2/c21-15(12-13-4-1-2-7-17-13)19-10-5-14(6-11-19)20-9-3-8-18-16(20)22/h1-2,4,7,14H,3,5-6,8-12H2,(H,18,22). The Hall–Kier alpha value is -2.11. The molecule has 0 radical (unpaired) electrons. The first-order chi connectivity index (χ1) is 10.7. The Morgan fingerprint density at radius 2 is 2.09 bits per heavy atom. The normalized spacial score (nSPS) is 19.9. The van der Waals surface area contributed by atoms with Crippen LogP contribution in [0.3, 0.4) is 0 Å². The summed E-state index contributed by atoms with van der Waals surface area (Å²) in [6.07, 6.45) is 4.80. The Morgan fingerprint density at radius 1 is 1.27 bits per heavy atom. The maximum atomic E-state index is 12.3. The van der Waals surface area contributed by atoms with Gasteiger partial charge in [-0.3, -0.25) is 9.78 Å². The lowest BCUT2D eigenvalue weighted by Gasteiger charge is -2.40. The van der Waals surface area contributed by atoms with Crippen LogP contribution in [0.4, 0.5) is 4.79 Å². The van der Waals surface area contributed by atoms with E-state index in [0.29, 0.717) is 6.42 Å². The first-order valence-electron chi connectivity index (χ1n) is 7.96. The van der Waals surface area contributed by atoms with E-state index < -0.39 is 0 Å². The van der Waals surface area contributed by atoms with Crippen LogP contribution in [0.2, 0.25) is 0 Å². The third-order valence-corrected chi connectivity index (χ3v) is 4.43. The SMILES string of the molecule is O=C(Cc1ccccn1)N1CCC(N2CCCNC2=O)CC1. The molecule has 6 heteroatoms. The third-order valence-electron chi connectivity index (χ3n) is 4.43. The highest BCUT2D eigenvalue weighted by Crippen LogP contribution is 2.19. The van der Waals surface area contributed by atoms with Crippen molar-refractivity contribution in [1.82, 2.24) is 20.1 Å². The molecule has 1 aromatic heterocycles. The zero-order valence-corrected chi connectivity index (χ0v) is 12.7. The number of urea groups is 1. The van der Waals surface area contributed by atoms with Crippen molar-refractivity contribution in [3.05, 3.63) is 30.1 Å². The summed E-state index contributed by atoms with van der Waals surface area (Å²) in [4.78, 5) is 32.2. The summed E-state index contributed by atoms with van der Waals surface area (Å²) in [7, 11) is 0. The molecule has 0 bridgehead atoms. The van der Waals surface area contributed by atoms with Gasteiger partial charge in [-0.25, -0.2) is 4.79 Å². The van der Waals surface area contributed by atoms with Gasteiger partial charge in [-0.1, -0.05) is 6.07 Å². The van der Waals surface area contributed by atoms with Crippen molar-refractivity contribution >= 4 is 11.9 Å². The van der Waals surface area contributed by atoms with Gasteiger partial charge in [-0.15, -0.1) is 0 Å². The van der Waals surface area contributed by atoms with E-state index in [1.807, 2.05) is 28.0 Å². The van der Waals surface area contributed by atoms with Crippen LogP contribution in [0.25, 0.3) is 0 Å². The number of nitrogens with zero attached hydrogens (tertiary/aromatic N) is 3. The number of aromatic nitrogens is 1. The topological polar surface area (TPSA) is 65.5 Å². The first-order valence-corrected chi connectivity index (χ1v) is 7.96. The summed E-state index contributed by atoms with van der Waals surface area (Å²) in [5.74, 6) is 0.125. The van der Waals surface area contributed by atoms with Crippen LogP contribution in [0.5, 0.6) is 0 Å². The average Bonchev–Trinajstić information content (AvgIpc) is 2.56. The molecule has 0 aliphatic carbocycles. The quantitative estimate of drug-likeness (QED) is 0.907. The van der Waals surface area contributed by atoms with Crippen LogP contribution < -0.4 is 5.32 Å². The predicted octanol–water partition coefficient (Wildman–Crippen LogP) is 1.03. The second-order valence-corrected chi connectivity index (χ2v) is 5.89. The number of carbonyl (C=O) groups is 2. The van der Waals surface area contributed by atoms with Crippen molar-refractivity contribution in [2.24, 2.45) is 0 Å². The molecular weight excluding hydrogens is 280 g/mol. The van der Waals surface area contributed by atoms with E-state index in [1.165, 1.54) is 0 Å². The maximum Gasteiger partial charge on any atom is 0.317 e. The minimum atomic E-state index is 0.0458. The molecule has 3 amide bonds. The molecule has 6 nitrogen and oxygen atoms in total. The molecule has 3 rings (SSSR count). The lowest BCUT2D eigenvalue weighted by Crippen LogP contribution is -2.54. The highest BCUT2D eigenvalue weighted by molar-refractivity contribution is 5.78. The van der Waals surface area contributed by atoms with Gasteiger partial charge in [0.2, 0.25) is 5.91 Å². The number of carbonyl (C=O) groups excluding carboxylic acids is 2. The molecule has 0 saturated carbocycles. The molecule has 2 saturated heterocycles. The number of hydrogen-bond acceptors (Lipinski definition) is 3. The smallest absolute Gasteiger partial charge is 0.317 e. The molecule has 2 aliphatic heterocycles. The molecule has 0 atom stereocenters. The molecule has 2 fully saturated rings. The fourth-order valence-corrected chi connectivity index (χ4v) is 3.19. The van der Waals surface area contributed by atoms with Gasteiger partial charge in [0.1, 0.15) is 0 Å². The number of piperidine rings is 1. The molecule has 1 N–H and O–H groups in total. The first kappa shape index (κ1) is 14.8. The molecule has 118 valence electrons. The van der Waals surface area contributed by atoms with Crippen LogP contribution >= 0.6 is 0 Å². The Labute approximate surface area is 130 Å². The molecule has 0 unspecified atom stereocenters. The van der Waals surface area contributed by atoms with E-state index in [9.17, 15) is 9.59 Å². The number of amides is 3. The number of nitrogens with one attached hydrogen (secondary N) is 1. The van der Waals surface area contributed by atoms with E-state index in [1.54, 1.807) is 6.20 Å². The Balaban J connectivity index is 1.51. The summed E-state index contributed by atoms with van der Waals surface area (Å²) in [5, 5.41) is 2.89. The van der Waals surface area contributed by atoms with Gasteiger partial charge >= 0.3 is 6.03 Å². The van der Waals surface area contributed by atoms with Gasteiger partial charge in [0.25, 0.3) is 0 Å². The van der Waals surface area contributed by atoms with Gasteiger partial charge in [0, 0.05) is 44.1 Å². The minimum absolute atomic E-state index is 0.0458. The van der Waals surface area contributed by atoms with Gasteiger partial charge < -0.3 is 15.1 Å². The summed E-state index contributed by atoms with van der Waals surface area (Å²) in [5.41, 5.74) is 0.810. The van der Waals surface area contributed by atoms with Crippen molar-refractivity contribution in [3.8, 4) is 0 Å². The highest BCUT2D eigenvalue weighted by Gasteiger charge is 2.30. The van der Waals surface area contributed by atoms with Crippen LogP contribution in [-0.4, -0.2) is 58.9 Å². The van der Waals surface area contributed by atoms with E-state index in [2.05, 4.69) is 10.3 Å². The minimum Gasteiger partial charge on any atom is -0.342 e. The Bertz CT molecular complexity index is 526. The lowest BCUT2D eigenvalue weighted by molar-refractivity contribution is -0.131. The molecule has 22 heavy (non-hydrogen) atoms. The molecule has 0 aromatic carbocycles. The van der Waals surface area contributed by atoms with E-state index in [-0.39, 0.29) is 18.0 Å². The van der Waals surface area contributed by atoms with Crippen molar-refractivity contribution < 1.29 is 9.59 Å². The van der Waals surface area contributed by atoms with Crippen LogP contribution in [-0.2, 0) is 11.2 Å². The van der Waals surface area contributed by atoms with Crippen molar-refractivity contribution in [1.29, 1.82) is 0 Å². The molecule has 1 aromatic rings. The number of pyridine rings is 1. The summed E-state index contributed by atoms with van der Waals surface area (Å²) >= 11 is 0. The van der Waals surface area contributed by atoms with Crippen LogP contribution in [0.1, 0.15) is 25.0 Å². The Kier molecular flexibility index (Phi) is 4.56. The lowest BCUT2D eigenvalue weighted by atomic mass is 10.0. The monoisotopic (exact) mass is 302 g/mol. The van der Waals surface area contributed by atoms with Gasteiger partial charge in [0.05, 0.1) is 6.42 Å². The van der Waals surface area contributed by atoms with Crippen molar-refractivity contribution in [3.63, 3.8) is 0 Å².